The minimum Gasteiger partial charge on any atom is -0.268 e. The van der Waals surface area contributed by atoms with Gasteiger partial charge in [0.1, 0.15) is 0 Å². The smallest absolute Gasteiger partial charge is 0.0306 e. The molecule has 17 heavy (non-hydrogen) atoms. The van der Waals surface area contributed by atoms with Crippen LogP contribution in [-0.4, -0.2) is 11.2 Å². The standard InChI is InChI=1S/C15H18N2/c1-3-15(13-5-4-8-16-10-13)14-7-6-12(2)9-17-11-14/h4-12,15H,3H2,1-2H3. The summed E-state index contributed by atoms with van der Waals surface area (Å²) in [4.78, 5) is 8.55. The molecule has 0 amide bonds. The van der Waals surface area contributed by atoms with Crippen LogP contribution in [0.5, 0.6) is 0 Å². The van der Waals surface area contributed by atoms with E-state index in [9.17, 15) is 0 Å². The second kappa shape index (κ2) is 5.58. The number of rotatable bonds is 3. The van der Waals surface area contributed by atoms with Gasteiger partial charge >= 0.3 is 0 Å². The molecule has 88 valence electrons. The van der Waals surface area contributed by atoms with Crippen molar-refractivity contribution in [1.82, 2.24) is 4.98 Å². The molecule has 0 radical (unpaired) electrons. The molecule has 0 fully saturated rings. The first kappa shape index (κ1) is 11.8. The van der Waals surface area contributed by atoms with Gasteiger partial charge in [-0.2, -0.15) is 0 Å². The maximum atomic E-state index is 4.36. The molecule has 2 atom stereocenters. The Morgan fingerprint density at radius 3 is 3.00 bits per heavy atom. The average Bonchev–Trinajstić information content (AvgIpc) is 2.57. The van der Waals surface area contributed by atoms with Crippen molar-refractivity contribution >= 4 is 6.21 Å². The van der Waals surface area contributed by atoms with Gasteiger partial charge < -0.3 is 0 Å². The zero-order valence-corrected chi connectivity index (χ0v) is 10.4. The van der Waals surface area contributed by atoms with Gasteiger partial charge in [0.25, 0.3) is 0 Å². The summed E-state index contributed by atoms with van der Waals surface area (Å²) in [6, 6.07) is 4.12. The number of pyridine rings is 1. The summed E-state index contributed by atoms with van der Waals surface area (Å²) in [6.07, 6.45) is 13.2. The Bertz CT molecular complexity index is 443. The predicted octanol–water partition coefficient (Wildman–Crippen LogP) is 3.74. The number of aliphatic imine (C=N–C) groups is 1. The third-order valence-electron chi connectivity index (χ3n) is 3.03. The summed E-state index contributed by atoms with van der Waals surface area (Å²) in [6.45, 7) is 4.34. The lowest BCUT2D eigenvalue weighted by atomic mass is 9.90. The number of allylic oxidation sites excluding steroid dienone is 3. The molecule has 2 heterocycles. The highest BCUT2D eigenvalue weighted by Crippen LogP contribution is 2.29. The van der Waals surface area contributed by atoms with Crippen LogP contribution in [0.1, 0.15) is 31.7 Å². The van der Waals surface area contributed by atoms with E-state index in [4.69, 9.17) is 0 Å². The van der Waals surface area contributed by atoms with Gasteiger partial charge in [-0.1, -0.05) is 32.1 Å². The van der Waals surface area contributed by atoms with E-state index in [0.29, 0.717) is 11.8 Å². The fourth-order valence-corrected chi connectivity index (χ4v) is 2.07. The summed E-state index contributed by atoms with van der Waals surface area (Å²) in [5.41, 5.74) is 2.52. The Kier molecular flexibility index (Phi) is 3.86. The molecule has 0 saturated heterocycles. The molecule has 0 spiro atoms. The van der Waals surface area contributed by atoms with E-state index in [1.165, 1.54) is 11.1 Å². The van der Waals surface area contributed by atoms with Crippen molar-refractivity contribution in [1.29, 1.82) is 0 Å². The average molecular weight is 226 g/mol. The molecule has 0 saturated carbocycles. The molecule has 0 bridgehead atoms. The summed E-state index contributed by atoms with van der Waals surface area (Å²) in [5, 5.41) is 0. The quantitative estimate of drug-likeness (QED) is 0.770. The lowest BCUT2D eigenvalue weighted by molar-refractivity contribution is 0.769. The van der Waals surface area contributed by atoms with Gasteiger partial charge in [0.05, 0.1) is 0 Å². The van der Waals surface area contributed by atoms with E-state index < -0.39 is 0 Å². The van der Waals surface area contributed by atoms with Crippen molar-refractivity contribution in [3.63, 3.8) is 0 Å². The van der Waals surface area contributed by atoms with Gasteiger partial charge in [-0.15, -0.1) is 0 Å². The zero-order valence-electron chi connectivity index (χ0n) is 10.4. The largest absolute Gasteiger partial charge is 0.268 e. The predicted molar refractivity (Wildman–Crippen MR) is 72.1 cm³/mol. The van der Waals surface area contributed by atoms with E-state index in [1.54, 1.807) is 0 Å². The van der Waals surface area contributed by atoms with Crippen LogP contribution in [0.2, 0.25) is 0 Å². The van der Waals surface area contributed by atoms with Crippen LogP contribution in [0.25, 0.3) is 0 Å². The number of nitrogens with zero attached hydrogens (tertiary/aromatic N) is 2. The van der Waals surface area contributed by atoms with E-state index in [0.717, 1.165) is 6.42 Å². The van der Waals surface area contributed by atoms with Crippen LogP contribution in [0.3, 0.4) is 0 Å². The molecular formula is C15H18N2. The topological polar surface area (TPSA) is 25.2 Å². The Labute approximate surface area is 103 Å². The lowest BCUT2D eigenvalue weighted by Crippen LogP contribution is -2.00. The maximum Gasteiger partial charge on any atom is 0.0306 e. The molecule has 1 aliphatic heterocycles. The van der Waals surface area contributed by atoms with Gasteiger partial charge in [0, 0.05) is 36.6 Å². The van der Waals surface area contributed by atoms with E-state index in [2.05, 4.69) is 42.0 Å². The SMILES string of the molecule is CCC(C1=CN=CC(C)C=C1)c1cccnc1. The monoisotopic (exact) mass is 226 g/mol. The van der Waals surface area contributed by atoms with Crippen LogP contribution in [0.4, 0.5) is 0 Å². The molecule has 2 nitrogen and oxygen atoms in total. The molecule has 2 heteroatoms. The summed E-state index contributed by atoms with van der Waals surface area (Å²) >= 11 is 0. The van der Waals surface area contributed by atoms with Gasteiger partial charge in [-0.05, 0) is 23.6 Å². The zero-order chi connectivity index (χ0) is 12.1. The highest BCUT2D eigenvalue weighted by molar-refractivity contribution is 5.65. The molecule has 2 unspecified atom stereocenters. The second-order valence-electron chi connectivity index (χ2n) is 4.39. The minimum atomic E-state index is 0.391. The Morgan fingerprint density at radius 1 is 1.41 bits per heavy atom. The molecule has 1 aliphatic rings. The van der Waals surface area contributed by atoms with Gasteiger partial charge in [-0.25, -0.2) is 0 Å². The summed E-state index contributed by atoms with van der Waals surface area (Å²) < 4.78 is 0. The molecule has 2 rings (SSSR count). The van der Waals surface area contributed by atoms with E-state index in [1.807, 2.05) is 30.9 Å². The molecule has 0 aliphatic carbocycles. The van der Waals surface area contributed by atoms with Crippen LogP contribution >= 0.6 is 0 Å². The third kappa shape index (κ3) is 2.90. The number of aromatic nitrogens is 1. The Morgan fingerprint density at radius 2 is 2.29 bits per heavy atom. The molecule has 0 N–H and O–H groups in total. The summed E-state index contributed by atoms with van der Waals surface area (Å²) in [5.74, 6) is 0.803. The van der Waals surface area contributed by atoms with Crippen molar-refractivity contribution in [2.24, 2.45) is 10.9 Å². The van der Waals surface area contributed by atoms with Gasteiger partial charge in [0.2, 0.25) is 0 Å². The van der Waals surface area contributed by atoms with E-state index in [-0.39, 0.29) is 0 Å². The van der Waals surface area contributed by atoms with E-state index >= 15 is 0 Å². The first-order valence-corrected chi connectivity index (χ1v) is 6.12. The lowest BCUT2D eigenvalue weighted by Gasteiger charge is -2.15. The Balaban J connectivity index is 2.28. The normalized spacial score (nSPS) is 20.8. The third-order valence-corrected chi connectivity index (χ3v) is 3.03. The molecule has 1 aromatic heterocycles. The minimum absolute atomic E-state index is 0.391. The van der Waals surface area contributed by atoms with Gasteiger partial charge in [-0.3, -0.25) is 9.98 Å². The van der Waals surface area contributed by atoms with Crippen molar-refractivity contribution in [2.75, 3.05) is 0 Å². The van der Waals surface area contributed by atoms with Crippen LogP contribution in [0.15, 0.2) is 53.4 Å². The first-order valence-electron chi connectivity index (χ1n) is 6.12. The fourth-order valence-electron chi connectivity index (χ4n) is 2.07. The first-order chi connectivity index (χ1) is 8.31. The number of hydrogen-bond donors (Lipinski definition) is 0. The van der Waals surface area contributed by atoms with Crippen molar-refractivity contribution < 1.29 is 0 Å². The maximum absolute atomic E-state index is 4.36. The van der Waals surface area contributed by atoms with Crippen molar-refractivity contribution in [2.45, 2.75) is 26.2 Å². The van der Waals surface area contributed by atoms with Crippen LogP contribution in [0, 0.1) is 5.92 Å². The highest BCUT2D eigenvalue weighted by atomic mass is 14.7. The number of hydrogen-bond acceptors (Lipinski definition) is 2. The van der Waals surface area contributed by atoms with Crippen molar-refractivity contribution in [3.05, 3.63) is 54.0 Å². The van der Waals surface area contributed by atoms with Crippen molar-refractivity contribution in [3.8, 4) is 0 Å². The molecular weight excluding hydrogens is 208 g/mol. The van der Waals surface area contributed by atoms with Crippen LogP contribution < -0.4 is 0 Å². The second-order valence-corrected chi connectivity index (χ2v) is 4.39. The fraction of sp³-hybridized carbons (Fsp3) is 0.333. The Hall–Kier alpha value is -1.70. The molecule has 1 aromatic rings. The van der Waals surface area contributed by atoms with Gasteiger partial charge in [0.15, 0.2) is 0 Å². The molecule has 0 aromatic carbocycles. The highest BCUT2D eigenvalue weighted by Gasteiger charge is 2.13. The summed E-state index contributed by atoms with van der Waals surface area (Å²) in [7, 11) is 0. The van der Waals surface area contributed by atoms with Crippen LogP contribution in [-0.2, 0) is 0 Å².